The maximum atomic E-state index is 13.0. The van der Waals surface area contributed by atoms with Crippen molar-refractivity contribution in [3.8, 4) is 0 Å². The SMILES string of the molecule is CCOC(C)(C)C(=O)N1CCC[C@]2(C1)CN(c1ccncc1)CC[C@H]2O. The minimum Gasteiger partial charge on any atom is -0.392 e. The lowest BCUT2D eigenvalue weighted by atomic mass is 9.71. The second-order valence-electron chi connectivity index (χ2n) is 8.07. The monoisotopic (exact) mass is 361 g/mol. The third kappa shape index (κ3) is 3.71. The van der Waals surface area contributed by atoms with Gasteiger partial charge in [-0.25, -0.2) is 0 Å². The van der Waals surface area contributed by atoms with Crippen LogP contribution in [0.25, 0.3) is 0 Å². The van der Waals surface area contributed by atoms with Gasteiger partial charge in [0.05, 0.1) is 6.10 Å². The number of aliphatic hydroxyl groups excluding tert-OH is 1. The minimum atomic E-state index is -0.822. The summed E-state index contributed by atoms with van der Waals surface area (Å²) in [5.41, 5.74) is 0.0273. The molecule has 3 rings (SSSR count). The van der Waals surface area contributed by atoms with Crippen LogP contribution in [0.3, 0.4) is 0 Å². The predicted molar refractivity (Wildman–Crippen MR) is 101 cm³/mol. The van der Waals surface area contributed by atoms with Gasteiger partial charge in [-0.1, -0.05) is 0 Å². The summed E-state index contributed by atoms with van der Waals surface area (Å²) in [6.07, 6.45) is 5.79. The van der Waals surface area contributed by atoms with Gasteiger partial charge in [-0.05, 0) is 52.2 Å². The first-order chi connectivity index (χ1) is 12.4. The number of aliphatic hydroxyl groups is 1. The summed E-state index contributed by atoms with van der Waals surface area (Å²) in [5.74, 6) is 0.0201. The third-order valence-electron chi connectivity index (χ3n) is 5.83. The standard InChI is InChI=1S/C20H31N3O3/c1-4-26-19(2,3)18(25)23-12-5-9-20(15-23)14-22(13-8-17(20)24)16-6-10-21-11-7-16/h6-7,10-11,17,24H,4-5,8-9,12-15H2,1-3H3/t17-,20-/m1/s1. The van der Waals surface area contributed by atoms with Crippen LogP contribution in [0.4, 0.5) is 5.69 Å². The zero-order valence-electron chi connectivity index (χ0n) is 16.1. The number of hydrogen-bond acceptors (Lipinski definition) is 5. The van der Waals surface area contributed by atoms with E-state index in [-0.39, 0.29) is 17.4 Å². The Balaban J connectivity index is 1.78. The van der Waals surface area contributed by atoms with Gasteiger partial charge in [0.1, 0.15) is 5.60 Å². The Morgan fingerprint density at radius 3 is 2.77 bits per heavy atom. The number of carbonyl (C=O) groups is 1. The van der Waals surface area contributed by atoms with Gasteiger partial charge in [-0.2, -0.15) is 0 Å². The number of piperidine rings is 2. The second-order valence-corrected chi connectivity index (χ2v) is 8.07. The Labute approximate surface area is 156 Å². The molecule has 1 amide bonds. The smallest absolute Gasteiger partial charge is 0.254 e. The van der Waals surface area contributed by atoms with Crippen LogP contribution in [-0.4, -0.2) is 65.4 Å². The number of ether oxygens (including phenoxy) is 1. The lowest BCUT2D eigenvalue weighted by molar-refractivity contribution is -0.160. The Bertz CT molecular complexity index is 622. The topological polar surface area (TPSA) is 65.9 Å². The number of nitrogens with zero attached hydrogens (tertiary/aromatic N) is 3. The van der Waals surface area contributed by atoms with E-state index in [9.17, 15) is 9.90 Å². The van der Waals surface area contributed by atoms with Gasteiger partial charge in [0.2, 0.25) is 0 Å². The van der Waals surface area contributed by atoms with Crippen LogP contribution in [0, 0.1) is 5.41 Å². The third-order valence-corrected chi connectivity index (χ3v) is 5.83. The molecule has 144 valence electrons. The van der Waals surface area contributed by atoms with Gasteiger partial charge < -0.3 is 19.6 Å². The molecule has 3 heterocycles. The van der Waals surface area contributed by atoms with Crippen molar-refractivity contribution in [3.05, 3.63) is 24.5 Å². The maximum absolute atomic E-state index is 13.0. The first kappa shape index (κ1) is 19.1. The van der Waals surface area contributed by atoms with Crippen molar-refractivity contribution in [1.82, 2.24) is 9.88 Å². The summed E-state index contributed by atoms with van der Waals surface area (Å²) >= 11 is 0. The largest absolute Gasteiger partial charge is 0.392 e. The zero-order chi connectivity index (χ0) is 18.8. The highest BCUT2D eigenvalue weighted by atomic mass is 16.5. The Morgan fingerprint density at radius 2 is 2.08 bits per heavy atom. The van der Waals surface area contributed by atoms with E-state index < -0.39 is 5.60 Å². The van der Waals surface area contributed by atoms with E-state index in [1.165, 1.54) is 0 Å². The molecule has 0 aromatic carbocycles. The summed E-state index contributed by atoms with van der Waals surface area (Å²) in [4.78, 5) is 21.3. The highest BCUT2D eigenvalue weighted by molar-refractivity contribution is 5.84. The van der Waals surface area contributed by atoms with Crippen molar-refractivity contribution < 1.29 is 14.6 Å². The molecule has 1 aromatic heterocycles. The summed E-state index contributed by atoms with van der Waals surface area (Å²) in [5, 5.41) is 10.8. The van der Waals surface area contributed by atoms with Crippen LogP contribution in [0.5, 0.6) is 0 Å². The molecular formula is C20H31N3O3. The molecule has 0 saturated carbocycles. The molecular weight excluding hydrogens is 330 g/mol. The number of hydrogen-bond donors (Lipinski definition) is 1. The minimum absolute atomic E-state index is 0.0201. The average molecular weight is 361 g/mol. The molecule has 2 fully saturated rings. The van der Waals surface area contributed by atoms with E-state index in [1.54, 1.807) is 12.4 Å². The molecule has 0 unspecified atom stereocenters. The van der Waals surface area contributed by atoms with Crippen LogP contribution in [-0.2, 0) is 9.53 Å². The lowest BCUT2D eigenvalue weighted by Gasteiger charge is -2.52. The molecule has 0 aliphatic carbocycles. The van der Waals surface area contributed by atoms with Crippen molar-refractivity contribution in [1.29, 1.82) is 0 Å². The van der Waals surface area contributed by atoms with Crippen molar-refractivity contribution in [2.24, 2.45) is 5.41 Å². The van der Waals surface area contributed by atoms with E-state index in [1.807, 2.05) is 37.8 Å². The highest BCUT2D eigenvalue weighted by Crippen LogP contribution is 2.40. The maximum Gasteiger partial charge on any atom is 0.254 e. The molecule has 26 heavy (non-hydrogen) atoms. The molecule has 0 radical (unpaired) electrons. The first-order valence-electron chi connectivity index (χ1n) is 9.64. The Morgan fingerprint density at radius 1 is 1.35 bits per heavy atom. The van der Waals surface area contributed by atoms with E-state index in [2.05, 4.69) is 9.88 Å². The lowest BCUT2D eigenvalue weighted by Crippen LogP contribution is -2.62. The molecule has 6 heteroatoms. The molecule has 0 bridgehead atoms. The number of pyridine rings is 1. The van der Waals surface area contributed by atoms with Gasteiger partial charge in [-0.15, -0.1) is 0 Å². The summed E-state index contributed by atoms with van der Waals surface area (Å²) in [7, 11) is 0. The van der Waals surface area contributed by atoms with E-state index in [4.69, 9.17) is 4.74 Å². The van der Waals surface area contributed by atoms with Gasteiger partial charge >= 0.3 is 0 Å². The number of amides is 1. The van der Waals surface area contributed by atoms with E-state index >= 15 is 0 Å². The fraction of sp³-hybridized carbons (Fsp3) is 0.700. The van der Waals surface area contributed by atoms with Crippen molar-refractivity contribution in [2.45, 2.75) is 51.7 Å². The summed E-state index contributed by atoms with van der Waals surface area (Å²) in [6.45, 7) is 8.99. The van der Waals surface area contributed by atoms with Crippen LogP contribution in [0.2, 0.25) is 0 Å². The van der Waals surface area contributed by atoms with Crippen LogP contribution >= 0.6 is 0 Å². The normalized spacial score (nSPS) is 27.0. The molecule has 2 saturated heterocycles. The number of carbonyl (C=O) groups excluding carboxylic acids is 1. The molecule has 6 nitrogen and oxygen atoms in total. The first-order valence-corrected chi connectivity index (χ1v) is 9.64. The second kappa shape index (κ2) is 7.53. The molecule has 2 aliphatic heterocycles. The number of rotatable bonds is 4. The molecule has 1 aromatic rings. The number of likely N-dealkylation sites (tertiary alicyclic amines) is 1. The van der Waals surface area contributed by atoms with Crippen LogP contribution in [0.1, 0.15) is 40.0 Å². The Kier molecular flexibility index (Phi) is 5.53. The highest BCUT2D eigenvalue weighted by Gasteiger charge is 2.48. The van der Waals surface area contributed by atoms with E-state index in [0.717, 1.165) is 44.6 Å². The van der Waals surface area contributed by atoms with Gasteiger partial charge in [0.25, 0.3) is 5.91 Å². The molecule has 1 N–H and O–H groups in total. The predicted octanol–water partition coefficient (Wildman–Crippen LogP) is 2.08. The zero-order valence-corrected chi connectivity index (χ0v) is 16.1. The molecule has 2 atom stereocenters. The van der Waals surface area contributed by atoms with Crippen LogP contribution < -0.4 is 4.90 Å². The van der Waals surface area contributed by atoms with Gasteiger partial charge in [-0.3, -0.25) is 9.78 Å². The average Bonchev–Trinajstić information content (AvgIpc) is 2.64. The fourth-order valence-electron chi connectivity index (χ4n) is 4.46. The van der Waals surface area contributed by atoms with Crippen molar-refractivity contribution >= 4 is 11.6 Å². The molecule has 1 spiro atoms. The summed E-state index contributed by atoms with van der Waals surface area (Å²) < 4.78 is 5.67. The van der Waals surface area contributed by atoms with Crippen LogP contribution in [0.15, 0.2) is 24.5 Å². The van der Waals surface area contributed by atoms with Crippen molar-refractivity contribution in [2.75, 3.05) is 37.7 Å². The number of aromatic nitrogens is 1. The van der Waals surface area contributed by atoms with Gasteiger partial charge in [0.15, 0.2) is 0 Å². The van der Waals surface area contributed by atoms with E-state index in [0.29, 0.717) is 13.2 Å². The number of anilines is 1. The molecule has 2 aliphatic rings. The summed E-state index contributed by atoms with van der Waals surface area (Å²) in [6, 6.07) is 4.02. The van der Waals surface area contributed by atoms with Crippen molar-refractivity contribution in [3.63, 3.8) is 0 Å². The quantitative estimate of drug-likeness (QED) is 0.889. The van der Waals surface area contributed by atoms with Gasteiger partial charge in [0, 0.05) is 56.3 Å². The fourth-order valence-corrected chi connectivity index (χ4v) is 4.46. The Hall–Kier alpha value is -1.66.